The fraction of sp³-hybridized carbons (Fsp3) is 0. The van der Waals surface area contributed by atoms with Crippen LogP contribution in [0.25, 0.3) is 6.08 Å². The summed E-state index contributed by atoms with van der Waals surface area (Å²) in [5.41, 5.74) is 6.15. The molecule has 23 heavy (non-hydrogen) atoms. The van der Waals surface area contributed by atoms with Gasteiger partial charge in [-0.15, -0.1) is 0 Å². The SMILES string of the molecule is Nc1ccc(O)cc1C=CC(=O)Nc1cc([N+](=O)[O-])ccc1O. The molecule has 0 atom stereocenters. The number of rotatable bonds is 4. The molecule has 8 nitrogen and oxygen atoms in total. The van der Waals surface area contributed by atoms with Gasteiger partial charge in [-0.25, -0.2) is 0 Å². The summed E-state index contributed by atoms with van der Waals surface area (Å²) >= 11 is 0. The molecule has 2 rings (SSSR count). The Hall–Kier alpha value is -3.55. The smallest absolute Gasteiger partial charge is 0.271 e. The van der Waals surface area contributed by atoms with Crippen LogP contribution in [0.15, 0.2) is 42.5 Å². The van der Waals surface area contributed by atoms with Gasteiger partial charge >= 0.3 is 0 Å². The number of nitrogen functional groups attached to an aromatic ring is 1. The third-order valence-electron chi connectivity index (χ3n) is 2.93. The number of benzene rings is 2. The Bertz CT molecular complexity index is 802. The highest BCUT2D eigenvalue weighted by molar-refractivity contribution is 6.03. The fourth-order valence-corrected chi connectivity index (χ4v) is 1.78. The Labute approximate surface area is 130 Å². The van der Waals surface area contributed by atoms with E-state index in [-0.39, 0.29) is 22.9 Å². The molecule has 2 aromatic carbocycles. The van der Waals surface area contributed by atoms with E-state index >= 15 is 0 Å². The molecule has 8 heteroatoms. The van der Waals surface area contributed by atoms with Crippen LogP contribution < -0.4 is 11.1 Å². The predicted molar refractivity (Wildman–Crippen MR) is 84.9 cm³/mol. The number of carbonyl (C=O) groups excluding carboxylic acids is 1. The van der Waals surface area contributed by atoms with Crippen molar-refractivity contribution in [1.29, 1.82) is 0 Å². The number of carbonyl (C=O) groups is 1. The molecule has 0 aliphatic carbocycles. The highest BCUT2D eigenvalue weighted by atomic mass is 16.6. The van der Waals surface area contributed by atoms with E-state index in [4.69, 9.17) is 5.73 Å². The second kappa shape index (κ2) is 6.48. The summed E-state index contributed by atoms with van der Waals surface area (Å²) < 4.78 is 0. The predicted octanol–water partition coefficient (Wildman–Crippen LogP) is 2.24. The van der Waals surface area contributed by atoms with Crippen LogP contribution in [0.1, 0.15) is 5.56 Å². The zero-order valence-electron chi connectivity index (χ0n) is 11.8. The van der Waals surface area contributed by atoms with Crippen molar-refractivity contribution in [2.75, 3.05) is 11.1 Å². The van der Waals surface area contributed by atoms with Gasteiger partial charge in [-0.05, 0) is 30.3 Å². The van der Waals surface area contributed by atoms with Crippen molar-refractivity contribution in [3.63, 3.8) is 0 Å². The second-order valence-electron chi connectivity index (χ2n) is 4.59. The number of nitrogens with two attached hydrogens (primary N) is 1. The van der Waals surface area contributed by atoms with Gasteiger partial charge in [0.1, 0.15) is 11.5 Å². The number of nitro groups is 1. The average molecular weight is 315 g/mol. The summed E-state index contributed by atoms with van der Waals surface area (Å²) in [5.74, 6) is -0.923. The maximum absolute atomic E-state index is 11.8. The van der Waals surface area contributed by atoms with E-state index in [0.29, 0.717) is 11.3 Å². The van der Waals surface area contributed by atoms with Gasteiger partial charge in [-0.3, -0.25) is 14.9 Å². The Morgan fingerprint density at radius 2 is 1.96 bits per heavy atom. The van der Waals surface area contributed by atoms with Crippen LogP contribution in [0.4, 0.5) is 17.1 Å². The minimum atomic E-state index is -0.640. The molecule has 0 heterocycles. The van der Waals surface area contributed by atoms with Gasteiger partial charge in [-0.2, -0.15) is 0 Å². The Balaban J connectivity index is 2.16. The van der Waals surface area contributed by atoms with Crippen molar-refractivity contribution >= 4 is 29.0 Å². The second-order valence-corrected chi connectivity index (χ2v) is 4.59. The number of hydrogen-bond acceptors (Lipinski definition) is 6. The van der Waals surface area contributed by atoms with Crippen LogP contribution >= 0.6 is 0 Å². The topological polar surface area (TPSA) is 139 Å². The molecule has 0 aromatic heterocycles. The minimum Gasteiger partial charge on any atom is -0.508 e. The summed E-state index contributed by atoms with van der Waals surface area (Å²) in [7, 11) is 0. The third-order valence-corrected chi connectivity index (χ3v) is 2.93. The summed E-state index contributed by atoms with van der Waals surface area (Å²) in [6, 6.07) is 7.56. The molecule has 0 saturated carbocycles. The molecule has 0 spiro atoms. The van der Waals surface area contributed by atoms with E-state index in [9.17, 15) is 25.1 Å². The maximum Gasteiger partial charge on any atom is 0.271 e. The molecule has 0 aliphatic rings. The normalized spacial score (nSPS) is 10.6. The van der Waals surface area contributed by atoms with Gasteiger partial charge in [0.15, 0.2) is 0 Å². The van der Waals surface area contributed by atoms with Crippen LogP contribution in [0.3, 0.4) is 0 Å². The molecule has 0 radical (unpaired) electrons. The lowest BCUT2D eigenvalue weighted by Gasteiger charge is -2.05. The molecule has 2 aromatic rings. The summed E-state index contributed by atoms with van der Waals surface area (Å²) in [6.07, 6.45) is 2.50. The van der Waals surface area contributed by atoms with Gasteiger partial charge in [0, 0.05) is 29.5 Å². The Morgan fingerprint density at radius 3 is 2.65 bits per heavy atom. The number of phenolic OH excluding ortho intramolecular Hbond substituents is 2. The third kappa shape index (κ3) is 3.97. The first-order valence-corrected chi connectivity index (χ1v) is 6.42. The van der Waals surface area contributed by atoms with E-state index in [2.05, 4.69) is 5.32 Å². The lowest BCUT2D eigenvalue weighted by molar-refractivity contribution is -0.384. The zero-order chi connectivity index (χ0) is 17.0. The van der Waals surface area contributed by atoms with Crippen LogP contribution in [0.2, 0.25) is 0 Å². The molecule has 0 unspecified atom stereocenters. The number of non-ortho nitro benzene ring substituents is 1. The molecular weight excluding hydrogens is 302 g/mol. The molecule has 0 aliphatic heterocycles. The Morgan fingerprint density at radius 1 is 1.22 bits per heavy atom. The number of amides is 1. The maximum atomic E-state index is 11.8. The number of nitro benzene ring substituents is 1. The van der Waals surface area contributed by atoms with Gasteiger partial charge in [-0.1, -0.05) is 0 Å². The summed E-state index contributed by atoms with van der Waals surface area (Å²) in [5, 5.41) is 32.0. The van der Waals surface area contributed by atoms with Gasteiger partial charge in [0.2, 0.25) is 5.91 Å². The van der Waals surface area contributed by atoms with Gasteiger partial charge < -0.3 is 21.3 Å². The highest BCUT2D eigenvalue weighted by Crippen LogP contribution is 2.28. The summed E-state index contributed by atoms with van der Waals surface area (Å²) in [4.78, 5) is 21.9. The Kier molecular flexibility index (Phi) is 4.46. The van der Waals surface area contributed by atoms with Crippen molar-refractivity contribution in [2.24, 2.45) is 0 Å². The van der Waals surface area contributed by atoms with E-state index in [1.807, 2.05) is 0 Å². The lowest BCUT2D eigenvalue weighted by atomic mass is 10.1. The van der Waals surface area contributed by atoms with Crippen molar-refractivity contribution in [2.45, 2.75) is 0 Å². The number of aromatic hydroxyl groups is 2. The standard InChI is InChI=1S/C15H13N3O5/c16-12-4-3-11(19)7-9(12)1-6-15(21)17-13-8-10(18(22)23)2-5-14(13)20/h1-8,19-20H,16H2,(H,17,21). The summed E-state index contributed by atoms with van der Waals surface area (Å²) in [6.45, 7) is 0. The molecule has 0 bridgehead atoms. The van der Waals surface area contributed by atoms with E-state index in [0.717, 1.165) is 24.3 Å². The zero-order valence-corrected chi connectivity index (χ0v) is 11.8. The molecule has 0 saturated heterocycles. The molecule has 0 fully saturated rings. The van der Waals surface area contributed by atoms with Crippen molar-refractivity contribution in [1.82, 2.24) is 0 Å². The van der Waals surface area contributed by atoms with E-state index < -0.39 is 10.8 Å². The van der Waals surface area contributed by atoms with E-state index in [1.54, 1.807) is 0 Å². The van der Waals surface area contributed by atoms with Crippen LogP contribution in [-0.4, -0.2) is 21.0 Å². The number of nitrogens with zero attached hydrogens (tertiary/aromatic N) is 1. The molecule has 118 valence electrons. The first kappa shape index (κ1) is 15.8. The van der Waals surface area contributed by atoms with Crippen LogP contribution in [0, 0.1) is 10.1 Å². The van der Waals surface area contributed by atoms with Crippen LogP contribution in [0.5, 0.6) is 11.5 Å². The largest absolute Gasteiger partial charge is 0.508 e. The molecule has 5 N–H and O–H groups in total. The monoisotopic (exact) mass is 315 g/mol. The molecular formula is C15H13N3O5. The van der Waals surface area contributed by atoms with E-state index in [1.165, 1.54) is 24.3 Å². The minimum absolute atomic E-state index is 0.00409. The number of phenols is 2. The number of nitrogens with one attached hydrogen (secondary N) is 1. The quantitative estimate of drug-likeness (QED) is 0.170. The van der Waals surface area contributed by atoms with Crippen LogP contribution in [-0.2, 0) is 4.79 Å². The van der Waals surface area contributed by atoms with Gasteiger partial charge in [0.05, 0.1) is 10.6 Å². The number of hydrogen-bond donors (Lipinski definition) is 4. The van der Waals surface area contributed by atoms with Gasteiger partial charge in [0.25, 0.3) is 5.69 Å². The van der Waals surface area contributed by atoms with Crippen molar-refractivity contribution in [3.05, 3.63) is 58.2 Å². The first-order chi connectivity index (χ1) is 10.9. The lowest BCUT2D eigenvalue weighted by Crippen LogP contribution is -2.08. The fourth-order valence-electron chi connectivity index (χ4n) is 1.78. The molecule has 1 amide bonds. The average Bonchev–Trinajstić information content (AvgIpc) is 2.50. The van der Waals surface area contributed by atoms with Crippen molar-refractivity contribution < 1.29 is 19.9 Å². The van der Waals surface area contributed by atoms with Crippen molar-refractivity contribution in [3.8, 4) is 11.5 Å². The first-order valence-electron chi connectivity index (χ1n) is 6.42. The highest BCUT2D eigenvalue weighted by Gasteiger charge is 2.11. The number of anilines is 2.